The lowest BCUT2D eigenvalue weighted by Gasteiger charge is -2.28. The van der Waals surface area contributed by atoms with Gasteiger partial charge >= 0.3 is 5.97 Å². The van der Waals surface area contributed by atoms with Gasteiger partial charge in [-0.2, -0.15) is 0 Å². The van der Waals surface area contributed by atoms with Crippen LogP contribution in [-0.4, -0.2) is 32.6 Å². The summed E-state index contributed by atoms with van der Waals surface area (Å²) in [5, 5.41) is 0. The number of nitrogens with two attached hydrogens (primary N) is 1. The summed E-state index contributed by atoms with van der Waals surface area (Å²) in [6.07, 6.45) is 6.42. The number of terminal acetylenes is 1. The molecule has 0 saturated carbocycles. The number of esters is 1. The molecule has 7 heteroatoms. The first kappa shape index (κ1) is 23.7. The van der Waals surface area contributed by atoms with Crippen molar-refractivity contribution in [2.75, 3.05) is 20.8 Å². The van der Waals surface area contributed by atoms with Crippen LogP contribution in [0.5, 0.6) is 17.2 Å². The number of ketones is 1. The van der Waals surface area contributed by atoms with Gasteiger partial charge in [-0.15, -0.1) is 6.42 Å². The summed E-state index contributed by atoms with van der Waals surface area (Å²) in [6.45, 7) is 1.72. The summed E-state index contributed by atoms with van der Waals surface area (Å²) in [4.78, 5) is 25.4. The maximum Gasteiger partial charge on any atom is 0.341 e. The predicted octanol–water partition coefficient (Wildman–Crippen LogP) is 3.95. The Morgan fingerprint density at radius 1 is 1.09 bits per heavy atom. The fourth-order valence-electron chi connectivity index (χ4n) is 3.82. The van der Waals surface area contributed by atoms with Crippen molar-refractivity contribution in [3.63, 3.8) is 0 Å². The van der Waals surface area contributed by atoms with Crippen LogP contribution in [0, 0.1) is 12.3 Å². The number of Topliss-reactive ketones (excluding diaryl/α,β-unsaturated/α-hetero) is 1. The van der Waals surface area contributed by atoms with E-state index in [4.69, 9.17) is 31.1 Å². The summed E-state index contributed by atoms with van der Waals surface area (Å²) < 4.78 is 21.6. The van der Waals surface area contributed by atoms with Crippen molar-refractivity contribution in [2.24, 2.45) is 5.73 Å². The molecule has 2 N–H and O–H groups in total. The van der Waals surface area contributed by atoms with Crippen molar-refractivity contribution < 1.29 is 28.5 Å². The number of fused-ring (bicyclic) bond motifs is 1. The minimum atomic E-state index is -0.696. The summed E-state index contributed by atoms with van der Waals surface area (Å²) in [5.74, 6) is 2.62. The number of ether oxygens (including phenoxy) is 4. The van der Waals surface area contributed by atoms with Crippen LogP contribution in [0.25, 0.3) is 11.1 Å². The molecule has 172 valence electrons. The van der Waals surface area contributed by atoms with E-state index >= 15 is 0 Å². The topological polar surface area (TPSA) is 97.1 Å². The van der Waals surface area contributed by atoms with Crippen LogP contribution in [0.3, 0.4) is 0 Å². The number of hydrogen-bond donors (Lipinski definition) is 1. The van der Waals surface area contributed by atoms with Crippen LogP contribution in [-0.2, 0) is 14.3 Å². The number of methoxy groups -OCH3 is 2. The molecule has 0 bridgehead atoms. The SMILES string of the molecule is C#CCOC(=O)C1=C(N)Oc2ccc(-c3cc(OC)cc(OC)c3)cc2C1CC(=O)CCC. The first-order valence-electron chi connectivity index (χ1n) is 10.6. The van der Waals surface area contributed by atoms with Gasteiger partial charge in [-0.1, -0.05) is 18.9 Å². The van der Waals surface area contributed by atoms with Crippen LogP contribution in [0.15, 0.2) is 47.9 Å². The predicted molar refractivity (Wildman–Crippen MR) is 124 cm³/mol. The Bertz CT molecular complexity index is 1110. The summed E-state index contributed by atoms with van der Waals surface area (Å²) in [6, 6.07) is 11.0. The van der Waals surface area contributed by atoms with Crippen molar-refractivity contribution >= 4 is 11.8 Å². The second-order valence-corrected chi connectivity index (χ2v) is 7.56. The van der Waals surface area contributed by atoms with Gasteiger partial charge in [0.2, 0.25) is 5.88 Å². The van der Waals surface area contributed by atoms with Gasteiger partial charge in [0.1, 0.15) is 28.6 Å². The second-order valence-electron chi connectivity index (χ2n) is 7.56. The molecule has 2 aromatic rings. The Balaban J connectivity index is 2.10. The Morgan fingerprint density at radius 3 is 2.39 bits per heavy atom. The maximum absolute atomic E-state index is 12.8. The van der Waals surface area contributed by atoms with Crippen LogP contribution in [0.4, 0.5) is 0 Å². The van der Waals surface area contributed by atoms with Crippen LogP contribution >= 0.6 is 0 Å². The molecular weight excluding hydrogens is 422 g/mol. The van der Waals surface area contributed by atoms with Gasteiger partial charge in [0.15, 0.2) is 6.61 Å². The smallest absolute Gasteiger partial charge is 0.341 e. The highest BCUT2D eigenvalue weighted by Crippen LogP contribution is 2.43. The fraction of sp³-hybridized carbons (Fsp3) is 0.308. The summed E-state index contributed by atoms with van der Waals surface area (Å²) in [7, 11) is 3.16. The minimum absolute atomic E-state index is 0.0128. The van der Waals surface area contributed by atoms with E-state index in [1.54, 1.807) is 26.4 Å². The first-order valence-corrected chi connectivity index (χ1v) is 10.6. The van der Waals surface area contributed by atoms with Crippen molar-refractivity contribution in [3.05, 3.63) is 53.4 Å². The molecule has 0 aliphatic carbocycles. The molecule has 0 spiro atoms. The van der Waals surface area contributed by atoms with Crippen molar-refractivity contribution in [1.29, 1.82) is 0 Å². The fourth-order valence-corrected chi connectivity index (χ4v) is 3.82. The molecule has 0 fully saturated rings. The molecule has 1 aliphatic rings. The number of hydrogen-bond acceptors (Lipinski definition) is 7. The van der Waals surface area contributed by atoms with Crippen molar-refractivity contribution in [1.82, 2.24) is 0 Å². The molecule has 0 radical (unpaired) electrons. The third kappa shape index (κ3) is 5.29. The lowest BCUT2D eigenvalue weighted by atomic mass is 9.83. The van der Waals surface area contributed by atoms with E-state index in [1.807, 2.05) is 31.2 Å². The molecular formula is C26H27NO6. The molecule has 33 heavy (non-hydrogen) atoms. The largest absolute Gasteiger partial charge is 0.497 e. The average molecular weight is 450 g/mol. The van der Waals surface area contributed by atoms with E-state index < -0.39 is 11.9 Å². The molecule has 1 heterocycles. The minimum Gasteiger partial charge on any atom is -0.497 e. The maximum atomic E-state index is 12.8. The molecule has 0 aromatic heterocycles. The van der Waals surface area contributed by atoms with Gasteiger partial charge in [0.25, 0.3) is 0 Å². The Hall–Kier alpha value is -3.92. The lowest BCUT2D eigenvalue weighted by Crippen LogP contribution is -2.28. The first-order chi connectivity index (χ1) is 15.9. The quantitative estimate of drug-likeness (QED) is 0.457. The van der Waals surface area contributed by atoms with Gasteiger partial charge in [-0.3, -0.25) is 4.79 Å². The van der Waals surface area contributed by atoms with E-state index in [0.29, 0.717) is 35.7 Å². The molecule has 1 aliphatic heterocycles. The van der Waals surface area contributed by atoms with Gasteiger partial charge < -0.3 is 24.7 Å². The van der Waals surface area contributed by atoms with E-state index in [1.165, 1.54) is 0 Å². The highest BCUT2D eigenvalue weighted by atomic mass is 16.5. The molecule has 7 nitrogen and oxygen atoms in total. The summed E-state index contributed by atoms with van der Waals surface area (Å²) >= 11 is 0. The number of benzene rings is 2. The van der Waals surface area contributed by atoms with E-state index in [9.17, 15) is 9.59 Å². The molecule has 0 saturated heterocycles. The monoisotopic (exact) mass is 449 g/mol. The standard InChI is InChI=1S/C26H27NO6/c1-5-7-18(28)14-22-21-13-16(17-11-19(30-3)15-20(12-17)31-4)8-9-23(21)33-25(27)24(22)26(29)32-10-6-2/h2,8-9,11-13,15,22H,5,7,10,14,27H2,1,3-4H3. The molecule has 2 aromatic carbocycles. The highest BCUT2D eigenvalue weighted by molar-refractivity contribution is 5.93. The Labute approximate surface area is 193 Å². The van der Waals surface area contributed by atoms with Crippen LogP contribution in [0.2, 0.25) is 0 Å². The van der Waals surface area contributed by atoms with Crippen LogP contribution < -0.4 is 19.9 Å². The second kappa shape index (κ2) is 10.6. The average Bonchev–Trinajstić information content (AvgIpc) is 2.82. The van der Waals surface area contributed by atoms with E-state index in [0.717, 1.165) is 11.1 Å². The van der Waals surface area contributed by atoms with Gasteiger partial charge in [0, 0.05) is 30.4 Å². The van der Waals surface area contributed by atoms with Crippen molar-refractivity contribution in [2.45, 2.75) is 32.1 Å². The van der Waals surface area contributed by atoms with Gasteiger partial charge in [-0.05, 0) is 41.8 Å². The van der Waals surface area contributed by atoms with Crippen LogP contribution in [0.1, 0.15) is 37.7 Å². The third-order valence-corrected chi connectivity index (χ3v) is 5.37. The number of carbonyl (C=O) groups is 2. The van der Waals surface area contributed by atoms with Gasteiger partial charge in [0.05, 0.1) is 14.2 Å². The Kier molecular flexibility index (Phi) is 7.62. The summed E-state index contributed by atoms with van der Waals surface area (Å²) in [5.41, 5.74) is 8.53. The normalized spacial score (nSPS) is 14.5. The van der Waals surface area contributed by atoms with Crippen molar-refractivity contribution in [3.8, 4) is 40.7 Å². The highest BCUT2D eigenvalue weighted by Gasteiger charge is 2.35. The third-order valence-electron chi connectivity index (χ3n) is 5.37. The molecule has 3 rings (SSSR count). The molecule has 1 unspecified atom stereocenters. The van der Waals surface area contributed by atoms with E-state index in [-0.39, 0.29) is 30.3 Å². The molecule has 1 atom stereocenters. The van der Waals surface area contributed by atoms with Gasteiger partial charge in [-0.25, -0.2) is 4.79 Å². The zero-order valence-corrected chi connectivity index (χ0v) is 19.0. The number of rotatable bonds is 9. The molecule has 0 amide bonds. The number of carbonyl (C=O) groups excluding carboxylic acids is 2. The lowest BCUT2D eigenvalue weighted by molar-refractivity contribution is -0.138. The Morgan fingerprint density at radius 2 is 1.79 bits per heavy atom. The zero-order chi connectivity index (χ0) is 24.0. The van der Waals surface area contributed by atoms with E-state index in [2.05, 4.69) is 5.92 Å². The zero-order valence-electron chi connectivity index (χ0n) is 19.0.